The number of nitrogens with one attached hydrogen (secondary N) is 2. The van der Waals surface area contributed by atoms with Gasteiger partial charge in [-0.3, -0.25) is 9.59 Å². The predicted octanol–water partition coefficient (Wildman–Crippen LogP) is 2.79. The molecular formula is C20H39ClN2O4. The van der Waals surface area contributed by atoms with Crippen molar-refractivity contribution in [1.29, 1.82) is 0 Å². The highest BCUT2D eigenvalue weighted by molar-refractivity contribution is 5.85. The summed E-state index contributed by atoms with van der Waals surface area (Å²) >= 11 is 0. The molecule has 0 aliphatic carbocycles. The number of esters is 2. The van der Waals surface area contributed by atoms with Gasteiger partial charge in [-0.1, -0.05) is 0 Å². The molecule has 0 radical (unpaired) electrons. The molecule has 0 bridgehead atoms. The summed E-state index contributed by atoms with van der Waals surface area (Å²) in [4.78, 5) is 23.0. The molecule has 27 heavy (non-hydrogen) atoms. The molecule has 0 aromatic rings. The fourth-order valence-corrected chi connectivity index (χ4v) is 3.80. The smallest absolute Gasteiger partial charge is 0.311 e. The van der Waals surface area contributed by atoms with E-state index in [4.69, 9.17) is 9.47 Å². The first-order valence-corrected chi connectivity index (χ1v) is 9.76. The van der Waals surface area contributed by atoms with E-state index in [1.54, 1.807) is 0 Å². The molecule has 2 aliphatic rings. The van der Waals surface area contributed by atoms with Crippen LogP contribution in [0.1, 0.15) is 53.4 Å². The van der Waals surface area contributed by atoms with Gasteiger partial charge in [-0.15, -0.1) is 12.4 Å². The molecule has 2 N–H and O–H groups in total. The Labute approximate surface area is 170 Å². The molecule has 0 amide bonds. The first-order valence-electron chi connectivity index (χ1n) is 9.76. The number of rotatable bonds is 4. The highest BCUT2D eigenvalue weighted by Crippen LogP contribution is 2.33. The van der Waals surface area contributed by atoms with Crippen LogP contribution in [0.15, 0.2) is 0 Å². The zero-order chi connectivity index (χ0) is 19.8. The minimum Gasteiger partial charge on any atom is -0.469 e. The quantitative estimate of drug-likeness (QED) is 0.699. The molecule has 7 heteroatoms. The number of halogens is 1. The topological polar surface area (TPSA) is 76.7 Å². The van der Waals surface area contributed by atoms with Crippen LogP contribution in [0.4, 0.5) is 0 Å². The van der Waals surface area contributed by atoms with Gasteiger partial charge in [0.25, 0.3) is 0 Å². The van der Waals surface area contributed by atoms with Crippen molar-refractivity contribution in [3.05, 3.63) is 0 Å². The third-order valence-electron chi connectivity index (χ3n) is 6.06. The highest BCUT2D eigenvalue weighted by atomic mass is 35.5. The van der Waals surface area contributed by atoms with Gasteiger partial charge in [0.2, 0.25) is 0 Å². The van der Waals surface area contributed by atoms with Crippen molar-refractivity contribution in [3.8, 4) is 0 Å². The molecule has 0 aromatic carbocycles. The lowest BCUT2D eigenvalue weighted by atomic mass is 9.75. The average molecular weight is 407 g/mol. The molecule has 6 nitrogen and oxygen atoms in total. The molecule has 2 atom stereocenters. The number of hydrogen-bond acceptors (Lipinski definition) is 6. The van der Waals surface area contributed by atoms with E-state index in [-0.39, 0.29) is 35.2 Å². The van der Waals surface area contributed by atoms with Crippen molar-refractivity contribution >= 4 is 24.3 Å². The second-order valence-corrected chi connectivity index (χ2v) is 8.51. The Bertz CT molecular complexity index is 415. The molecule has 0 saturated carbocycles. The van der Waals surface area contributed by atoms with E-state index in [9.17, 15) is 9.59 Å². The van der Waals surface area contributed by atoms with E-state index in [0.29, 0.717) is 11.8 Å². The minimum absolute atomic E-state index is 0. The van der Waals surface area contributed by atoms with Gasteiger partial charge in [0.1, 0.15) is 0 Å². The molecule has 0 aromatic heterocycles. The number of hydrogen-bond donors (Lipinski definition) is 2. The van der Waals surface area contributed by atoms with Gasteiger partial charge in [-0.25, -0.2) is 0 Å². The van der Waals surface area contributed by atoms with Crippen LogP contribution in [0.25, 0.3) is 0 Å². The third-order valence-corrected chi connectivity index (χ3v) is 6.06. The molecule has 0 spiro atoms. The summed E-state index contributed by atoms with van der Waals surface area (Å²) in [6.45, 7) is 11.9. The second kappa shape index (κ2) is 11.9. The van der Waals surface area contributed by atoms with E-state index in [0.717, 1.165) is 51.9 Å². The Morgan fingerprint density at radius 1 is 0.778 bits per heavy atom. The molecule has 2 unspecified atom stereocenters. The van der Waals surface area contributed by atoms with E-state index in [1.807, 2.05) is 27.7 Å². The summed E-state index contributed by atoms with van der Waals surface area (Å²) in [5, 5.41) is 6.62. The lowest BCUT2D eigenvalue weighted by Crippen LogP contribution is -2.43. The normalized spacial score (nSPS) is 23.2. The molecule has 2 fully saturated rings. The second-order valence-electron chi connectivity index (χ2n) is 8.51. The van der Waals surface area contributed by atoms with E-state index < -0.39 is 0 Å². The summed E-state index contributed by atoms with van der Waals surface area (Å²) in [5.74, 6) is 0.629. The number of methoxy groups -OCH3 is 2. The molecule has 2 saturated heterocycles. The molecule has 160 valence electrons. The highest BCUT2D eigenvalue weighted by Gasteiger charge is 2.38. The standard InChI is InChI=1S/2C10H19NO2.ClH/c2*1-10(2,9(12)13-3)8-5-4-6-11-7-8;/h2*8,11H,4-7H2,1-3H3;1H. The van der Waals surface area contributed by atoms with Gasteiger partial charge in [0.15, 0.2) is 0 Å². The summed E-state index contributed by atoms with van der Waals surface area (Å²) in [7, 11) is 2.92. The first-order chi connectivity index (χ1) is 12.2. The molecule has 2 heterocycles. The van der Waals surface area contributed by atoms with Crippen LogP contribution in [-0.4, -0.2) is 52.3 Å². The van der Waals surface area contributed by atoms with Crippen LogP contribution in [-0.2, 0) is 19.1 Å². The summed E-state index contributed by atoms with van der Waals surface area (Å²) in [6.07, 6.45) is 4.56. The zero-order valence-electron chi connectivity index (χ0n) is 17.9. The van der Waals surface area contributed by atoms with E-state index in [2.05, 4.69) is 10.6 Å². The van der Waals surface area contributed by atoms with Gasteiger partial charge >= 0.3 is 11.9 Å². The third kappa shape index (κ3) is 7.24. The predicted molar refractivity (Wildman–Crippen MR) is 110 cm³/mol. The van der Waals surface area contributed by atoms with Crippen LogP contribution in [0.5, 0.6) is 0 Å². The minimum atomic E-state index is -0.345. The summed E-state index contributed by atoms with van der Waals surface area (Å²) in [5.41, 5.74) is -0.690. The van der Waals surface area contributed by atoms with Crippen molar-refractivity contribution in [3.63, 3.8) is 0 Å². The SMILES string of the molecule is COC(=O)C(C)(C)C1CCCNC1.COC(=O)C(C)(C)C1CCCNC1.Cl. The van der Waals surface area contributed by atoms with Gasteiger partial charge in [0.05, 0.1) is 25.0 Å². The lowest BCUT2D eigenvalue weighted by Gasteiger charge is -2.34. The zero-order valence-corrected chi connectivity index (χ0v) is 18.7. The lowest BCUT2D eigenvalue weighted by molar-refractivity contribution is -0.155. The van der Waals surface area contributed by atoms with Gasteiger partial charge < -0.3 is 20.1 Å². The number of ether oxygens (including phenoxy) is 2. The molecule has 2 aliphatic heterocycles. The number of carbonyl (C=O) groups excluding carboxylic acids is 2. The van der Waals surface area contributed by atoms with Crippen LogP contribution in [0.2, 0.25) is 0 Å². The van der Waals surface area contributed by atoms with Gasteiger partial charge in [0, 0.05) is 0 Å². The van der Waals surface area contributed by atoms with Crippen molar-refractivity contribution in [2.24, 2.45) is 22.7 Å². The van der Waals surface area contributed by atoms with E-state index >= 15 is 0 Å². The average Bonchev–Trinajstić information content (AvgIpc) is 2.68. The maximum Gasteiger partial charge on any atom is 0.311 e. The number of piperidine rings is 2. The maximum absolute atomic E-state index is 11.5. The largest absolute Gasteiger partial charge is 0.469 e. The monoisotopic (exact) mass is 406 g/mol. The Morgan fingerprint density at radius 2 is 1.11 bits per heavy atom. The Balaban J connectivity index is 0.000000483. The summed E-state index contributed by atoms with van der Waals surface area (Å²) < 4.78 is 9.60. The Morgan fingerprint density at radius 3 is 1.33 bits per heavy atom. The van der Waals surface area contributed by atoms with Crippen molar-refractivity contribution in [1.82, 2.24) is 10.6 Å². The fraction of sp³-hybridized carbons (Fsp3) is 0.900. The van der Waals surface area contributed by atoms with Crippen LogP contribution in [0, 0.1) is 22.7 Å². The molecular weight excluding hydrogens is 368 g/mol. The van der Waals surface area contributed by atoms with E-state index in [1.165, 1.54) is 14.2 Å². The van der Waals surface area contributed by atoms with Crippen molar-refractivity contribution in [2.75, 3.05) is 40.4 Å². The van der Waals surface area contributed by atoms with Crippen LogP contribution < -0.4 is 10.6 Å². The van der Waals surface area contributed by atoms with Gasteiger partial charge in [-0.05, 0) is 91.4 Å². The number of carbonyl (C=O) groups is 2. The first kappa shape index (κ1) is 26.1. The fourth-order valence-electron chi connectivity index (χ4n) is 3.80. The van der Waals surface area contributed by atoms with Crippen LogP contribution >= 0.6 is 12.4 Å². The van der Waals surface area contributed by atoms with Gasteiger partial charge in [-0.2, -0.15) is 0 Å². The van der Waals surface area contributed by atoms with Crippen molar-refractivity contribution in [2.45, 2.75) is 53.4 Å². The maximum atomic E-state index is 11.5. The summed E-state index contributed by atoms with van der Waals surface area (Å²) in [6, 6.07) is 0. The molecule has 2 rings (SSSR count). The van der Waals surface area contributed by atoms with Crippen molar-refractivity contribution < 1.29 is 19.1 Å². The Hall–Kier alpha value is -0.850. The van der Waals surface area contributed by atoms with Crippen LogP contribution in [0.3, 0.4) is 0 Å². The Kier molecular flexibility index (Phi) is 11.5.